The normalized spacial score (nSPS) is 11.6. The molecule has 2 N–H and O–H groups in total. The summed E-state index contributed by atoms with van der Waals surface area (Å²) in [4.78, 5) is 12.0. The molecule has 4 nitrogen and oxygen atoms in total. The summed E-state index contributed by atoms with van der Waals surface area (Å²) in [6.07, 6.45) is 8.56. The van der Waals surface area contributed by atoms with Crippen molar-refractivity contribution in [1.82, 2.24) is 0 Å². The molecule has 0 aliphatic carbocycles. The number of phenolic OH excluding ortho intramolecular Hbond substituents is 2. The molecule has 5 heteroatoms. The average Bonchev–Trinajstić information content (AvgIpc) is 2.99. The van der Waals surface area contributed by atoms with Crippen molar-refractivity contribution in [3.63, 3.8) is 0 Å². The molecule has 204 valence electrons. The van der Waals surface area contributed by atoms with Gasteiger partial charge in [0.1, 0.15) is 28.8 Å². The monoisotopic (exact) mass is 551 g/mol. The van der Waals surface area contributed by atoms with Crippen molar-refractivity contribution in [1.29, 1.82) is 0 Å². The Bertz CT molecular complexity index is 1480. The van der Waals surface area contributed by atoms with Gasteiger partial charge < -0.3 is 14.6 Å². The summed E-state index contributed by atoms with van der Waals surface area (Å²) in [6, 6.07) is 37.4. The Morgan fingerprint density at radius 2 is 1.05 bits per heavy atom. The lowest BCUT2D eigenvalue weighted by molar-refractivity contribution is 0.403. The summed E-state index contributed by atoms with van der Waals surface area (Å²) in [7, 11) is -1.77. The number of phenols is 2. The van der Waals surface area contributed by atoms with Crippen LogP contribution in [-0.4, -0.2) is 16.4 Å². The first kappa shape index (κ1) is 27.7. The molecule has 0 saturated heterocycles. The maximum absolute atomic E-state index is 12.0. The minimum absolute atomic E-state index is 0.206. The van der Waals surface area contributed by atoms with Crippen LogP contribution in [0.25, 0.3) is 11.0 Å². The molecular weight excluding hydrogens is 515 g/mol. The average molecular weight is 552 g/mol. The van der Waals surface area contributed by atoms with Crippen LogP contribution in [0.3, 0.4) is 0 Å². The van der Waals surface area contributed by atoms with E-state index in [1.807, 2.05) is 0 Å². The van der Waals surface area contributed by atoms with E-state index in [1.165, 1.54) is 53.4 Å². The lowest BCUT2D eigenvalue weighted by atomic mass is 10.0. The number of hydrogen-bond acceptors (Lipinski definition) is 4. The van der Waals surface area contributed by atoms with Crippen molar-refractivity contribution in [2.24, 2.45) is 0 Å². The number of benzene rings is 4. The molecule has 1 aromatic heterocycles. The van der Waals surface area contributed by atoms with Crippen molar-refractivity contribution in [2.45, 2.75) is 44.9 Å². The molecule has 0 spiro atoms. The number of hydrogen-bond donors (Lipinski definition) is 2. The number of aryl methyl sites for hydroxylation is 1. The topological polar surface area (TPSA) is 70.7 Å². The van der Waals surface area contributed by atoms with Crippen LogP contribution in [0.5, 0.6) is 11.5 Å². The summed E-state index contributed by atoms with van der Waals surface area (Å²) < 4.78 is 5.21. The van der Waals surface area contributed by atoms with E-state index in [4.69, 9.17) is 4.42 Å². The third kappa shape index (κ3) is 6.13. The Balaban J connectivity index is 1.21. The predicted molar refractivity (Wildman–Crippen MR) is 167 cm³/mol. The van der Waals surface area contributed by atoms with Crippen LogP contribution in [0, 0.1) is 0 Å². The SMILES string of the molecule is O=c1cc(CCCCCCCC[P+](c2ccccc2)(c2ccccc2)c2ccccc2)c2cc(O)c(O)cc2o1. The van der Waals surface area contributed by atoms with E-state index < -0.39 is 12.9 Å². The van der Waals surface area contributed by atoms with Gasteiger partial charge in [0.2, 0.25) is 0 Å². The quantitative estimate of drug-likeness (QED) is 0.0752. The van der Waals surface area contributed by atoms with Gasteiger partial charge in [-0.05, 0) is 73.7 Å². The molecule has 0 aliphatic heterocycles. The Morgan fingerprint density at radius 3 is 1.60 bits per heavy atom. The second-order valence-electron chi connectivity index (χ2n) is 10.3. The largest absolute Gasteiger partial charge is 0.504 e. The third-order valence-electron chi connectivity index (χ3n) is 7.71. The van der Waals surface area contributed by atoms with Gasteiger partial charge in [-0.2, -0.15) is 0 Å². The van der Waals surface area contributed by atoms with Crippen LogP contribution >= 0.6 is 7.26 Å². The van der Waals surface area contributed by atoms with Crippen molar-refractivity contribution in [3.8, 4) is 11.5 Å². The molecule has 40 heavy (non-hydrogen) atoms. The summed E-state index contributed by atoms with van der Waals surface area (Å²) in [5.41, 5.74) is 0.722. The van der Waals surface area contributed by atoms with Gasteiger partial charge in [0, 0.05) is 17.5 Å². The highest BCUT2D eigenvalue weighted by molar-refractivity contribution is 7.95. The van der Waals surface area contributed by atoms with Gasteiger partial charge in [-0.3, -0.25) is 0 Å². The van der Waals surface area contributed by atoms with Crippen LogP contribution in [-0.2, 0) is 6.42 Å². The first-order valence-electron chi connectivity index (χ1n) is 14.1. The van der Waals surface area contributed by atoms with Gasteiger partial charge in [0.15, 0.2) is 11.5 Å². The van der Waals surface area contributed by atoms with Crippen molar-refractivity contribution in [2.75, 3.05) is 6.16 Å². The minimum Gasteiger partial charge on any atom is -0.504 e. The minimum atomic E-state index is -1.77. The molecule has 5 rings (SSSR count). The zero-order valence-electron chi connectivity index (χ0n) is 22.7. The predicted octanol–water partition coefficient (Wildman–Crippen LogP) is 7.08. The van der Waals surface area contributed by atoms with Gasteiger partial charge in [-0.15, -0.1) is 0 Å². The number of fused-ring (bicyclic) bond motifs is 1. The van der Waals surface area contributed by atoms with Crippen molar-refractivity contribution >= 4 is 34.1 Å². The van der Waals surface area contributed by atoms with Crippen LogP contribution in [0.15, 0.2) is 118 Å². The maximum Gasteiger partial charge on any atom is 0.336 e. The molecule has 4 aromatic carbocycles. The van der Waals surface area contributed by atoms with Crippen molar-refractivity contribution < 1.29 is 14.6 Å². The second-order valence-corrected chi connectivity index (χ2v) is 14.0. The Hall–Kier alpha value is -3.88. The molecule has 0 radical (unpaired) electrons. The molecule has 0 atom stereocenters. The maximum atomic E-state index is 12.0. The first-order valence-corrected chi connectivity index (χ1v) is 16.1. The molecule has 5 aromatic rings. The van der Waals surface area contributed by atoms with E-state index in [9.17, 15) is 15.0 Å². The van der Waals surface area contributed by atoms with Gasteiger partial charge >= 0.3 is 5.63 Å². The van der Waals surface area contributed by atoms with E-state index in [0.29, 0.717) is 11.0 Å². The molecule has 1 heterocycles. The standard InChI is InChI=1S/C35H35O4P/c36-32-25-31-27(24-35(38)39-34(31)26-33(32)37)16-8-3-1-2-4-15-23-40(28-17-9-5-10-18-28,29-19-11-6-12-20-29)30-21-13-7-14-22-30/h5-7,9-14,17-22,24-26H,1-4,8,15-16,23H2,(H-,36,37,38)/p+1. The van der Waals surface area contributed by atoms with Crippen LogP contribution in [0.1, 0.15) is 44.1 Å². The van der Waals surface area contributed by atoms with Crippen LogP contribution in [0.4, 0.5) is 0 Å². The fraction of sp³-hybridized carbons (Fsp3) is 0.229. The highest BCUT2D eigenvalue weighted by atomic mass is 31.2. The van der Waals surface area contributed by atoms with E-state index >= 15 is 0 Å². The molecule has 0 amide bonds. The van der Waals surface area contributed by atoms with Gasteiger partial charge in [-0.1, -0.05) is 73.9 Å². The molecule has 0 bridgehead atoms. The smallest absolute Gasteiger partial charge is 0.336 e. The van der Waals surface area contributed by atoms with Gasteiger partial charge in [-0.25, -0.2) is 4.79 Å². The first-order chi connectivity index (χ1) is 19.6. The Labute approximate surface area is 236 Å². The summed E-state index contributed by atoms with van der Waals surface area (Å²) in [6.45, 7) is 0. The molecular formula is C35H36O4P+. The lowest BCUT2D eigenvalue weighted by Crippen LogP contribution is -2.33. The number of aromatic hydroxyl groups is 2. The highest BCUT2D eigenvalue weighted by Crippen LogP contribution is 2.56. The number of rotatable bonds is 12. The van der Waals surface area contributed by atoms with E-state index in [2.05, 4.69) is 91.0 Å². The Morgan fingerprint density at radius 1 is 0.575 bits per heavy atom. The third-order valence-corrected chi connectivity index (χ3v) is 12.2. The highest BCUT2D eigenvalue weighted by Gasteiger charge is 2.44. The fourth-order valence-electron chi connectivity index (χ4n) is 5.71. The second kappa shape index (κ2) is 13.0. The number of unbranched alkanes of at least 4 members (excludes halogenated alkanes) is 5. The molecule has 0 unspecified atom stereocenters. The molecule has 0 saturated carbocycles. The lowest BCUT2D eigenvalue weighted by Gasteiger charge is -2.27. The van der Waals surface area contributed by atoms with E-state index in [0.717, 1.165) is 37.4 Å². The fourth-order valence-corrected chi connectivity index (χ4v) is 10.1. The zero-order valence-corrected chi connectivity index (χ0v) is 23.6. The van der Waals surface area contributed by atoms with Gasteiger partial charge in [0.05, 0.1) is 6.16 Å². The summed E-state index contributed by atoms with van der Waals surface area (Å²) >= 11 is 0. The van der Waals surface area contributed by atoms with Gasteiger partial charge in [0.25, 0.3) is 0 Å². The van der Waals surface area contributed by atoms with Crippen LogP contribution < -0.4 is 21.5 Å². The van der Waals surface area contributed by atoms with E-state index in [1.54, 1.807) is 0 Å². The Kier molecular flexibility index (Phi) is 8.98. The van der Waals surface area contributed by atoms with Crippen molar-refractivity contribution in [3.05, 3.63) is 125 Å². The molecule has 0 aliphatic rings. The zero-order chi connectivity index (χ0) is 27.8. The van der Waals surface area contributed by atoms with Crippen LogP contribution in [0.2, 0.25) is 0 Å². The summed E-state index contributed by atoms with van der Waals surface area (Å²) in [5.74, 6) is -0.492. The summed E-state index contributed by atoms with van der Waals surface area (Å²) in [5, 5.41) is 24.6. The van der Waals surface area contributed by atoms with E-state index in [-0.39, 0.29) is 11.5 Å². The molecule has 0 fully saturated rings.